The summed E-state index contributed by atoms with van der Waals surface area (Å²) in [6, 6.07) is 16.7. The molecule has 224 valence electrons. The fourth-order valence-electron chi connectivity index (χ4n) is 7.68. The molecule has 7 fully saturated rings. The van der Waals surface area contributed by atoms with Gasteiger partial charge in [-0.15, -0.1) is 0 Å². The highest BCUT2D eigenvalue weighted by atomic mass is 16.8. The van der Waals surface area contributed by atoms with E-state index in [1.807, 2.05) is 0 Å². The maximum Gasteiger partial charge on any atom is 0.338 e. The van der Waals surface area contributed by atoms with Crippen molar-refractivity contribution in [3.8, 4) is 0 Å². The molecule has 4 N–H and O–H groups in total. The fourth-order valence-corrected chi connectivity index (χ4v) is 7.68. The molecule has 0 aromatic heterocycles. The maximum absolute atomic E-state index is 12.9. The SMILES string of the molecule is C[C@@]12C[C@@]3(O)OC(O1)[C@]1(COC(=O)c4ccccc4)[C@H]3C[C@@]21O[C@@H]1OC(COC(=O)c2ccccc2)[C@@H](O)[C@H](O)C1O. The van der Waals surface area contributed by atoms with Crippen LogP contribution in [0.4, 0.5) is 0 Å². The summed E-state index contributed by atoms with van der Waals surface area (Å²) in [4.78, 5) is 25.4. The second-order valence-electron chi connectivity index (χ2n) is 12.0. The van der Waals surface area contributed by atoms with E-state index in [4.69, 9.17) is 28.4 Å². The van der Waals surface area contributed by atoms with Gasteiger partial charge in [-0.3, -0.25) is 0 Å². The predicted octanol–water partition coefficient (Wildman–Crippen LogP) is 0.507. The minimum atomic E-state index is -1.69. The molecule has 3 aliphatic carbocycles. The maximum atomic E-state index is 12.9. The average Bonchev–Trinajstić information content (AvgIpc) is 3.18. The molecule has 12 nitrogen and oxygen atoms in total. The molecule has 42 heavy (non-hydrogen) atoms. The molecule has 4 heterocycles. The van der Waals surface area contributed by atoms with Gasteiger partial charge in [0.05, 0.1) is 16.5 Å². The lowest BCUT2D eigenvalue weighted by Crippen LogP contribution is -2.80. The van der Waals surface area contributed by atoms with E-state index in [2.05, 4.69) is 0 Å². The Labute approximate surface area is 240 Å². The molecule has 4 saturated heterocycles. The van der Waals surface area contributed by atoms with Crippen LogP contribution in [0.2, 0.25) is 0 Å². The normalized spacial score (nSPS) is 44.5. The summed E-state index contributed by atoms with van der Waals surface area (Å²) >= 11 is 0. The lowest BCUT2D eigenvalue weighted by atomic mass is 9.41. The Hall–Kier alpha value is -2.94. The number of rotatable bonds is 8. The molecule has 3 unspecified atom stereocenters. The predicted molar refractivity (Wildman–Crippen MR) is 138 cm³/mol. The van der Waals surface area contributed by atoms with Crippen molar-refractivity contribution in [3.05, 3.63) is 71.8 Å². The van der Waals surface area contributed by atoms with E-state index in [-0.39, 0.29) is 19.4 Å². The summed E-state index contributed by atoms with van der Waals surface area (Å²) in [5, 5.41) is 43.6. The smallest absolute Gasteiger partial charge is 0.338 e. The summed E-state index contributed by atoms with van der Waals surface area (Å²) < 4.78 is 35.7. The number of carbonyl (C=O) groups is 2. The minimum Gasteiger partial charge on any atom is -0.461 e. The molecular weight excluding hydrogens is 552 g/mol. The van der Waals surface area contributed by atoms with Crippen molar-refractivity contribution in [2.45, 2.75) is 73.8 Å². The van der Waals surface area contributed by atoms with Crippen LogP contribution >= 0.6 is 0 Å². The summed E-state index contributed by atoms with van der Waals surface area (Å²) in [6.07, 6.45) is -8.34. The number of ether oxygens (including phenoxy) is 6. The number of hydrogen-bond acceptors (Lipinski definition) is 12. The van der Waals surface area contributed by atoms with Crippen molar-refractivity contribution >= 4 is 11.9 Å². The average molecular weight is 585 g/mol. The van der Waals surface area contributed by atoms with Crippen LogP contribution in [0.1, 0.15) is 40.5 Å². The lowest BCUT2D eigenvalue weighted by molar-refractivity contribution is -0.424. The van der Waals surface area contributed by atoms with E-state index in [1.54, 1.807) is 67.6 Å². The first-order valence-electron chi connectivity index (χ1n) is 13.9. The molecule has 6 bridgehead atoms. The Morgan fingerprint density at radius 3 is 2.14 bits per heavy atom. The molecule has 9 rings (SSSR count). The van der Waals surface area contributed by atoms with E-state index >= 15 is 0 Å². The molecule has 4 aliphatic heterocycles. The van der Waals surface area contributed by atoms with E-state index in [0.29, 0.717) is 11.1 Å². The van der Waals surface area contributed by atoms with Crippen molar-refractivity contribution < 1.29 is 58.4 Å². The number of hydrogen-bond donors (Lipinski definition) is 4. The molecule has 0 spiro atoms. The van der Waals surface area contributed by atoms with Crippen LogP contribution in [-0.4, -0.2) is 99.6 Å². The van der Waals surface area contributed by atoms with Crippen LogP contribution < -0.4 is 0 Å². The van der Waals surface area contributed by atoms with E-state index < -0.39 is 83.9 Å². The van der Waals surface area contributed by atoms with Crippen LogP contribution in [0.25, 0.3) is 0 Å². The van der Waals surface area contributed by atoms with Gasteiger partial charge in [-0.05, 0) is 37.6 Å². The van der Waals surface area contributed by atoms with Crippen molar-refractivity contribution in [2.75, 3.05) is 13.2 Å². The second-order valence-corrected chi connectivity index (χ2v) is 12.0. The molecular formula is C30H32O12. The van der Waals surface area contributed by atoms with Gasteiger partial charge in [0.15, 0.2) is 18.4 Å². The molecule has 0 amide bonds. The van der Waals surface area contributed by atoms with Crippen molar-refractivity contribution in [1.82, 2.24) is 0 Å². The summed E-state index contributed by atoms with van der Waals surface area (Å²) in [6.45, 7) is 1.12. The van der Waals surface area contributed by atoms with Crippen LogP contribution in [-0.2, 0) is 28.4 Å². The Morgan fingerprint density at radius 2 is 1.50 bits per heavy atom. The number of esters is 2. The zero-order valence-corrected chi connectivity index (χ0v) is 22.7. The number of carbonyl (C=O) groups excluding carboxylic acids is 2. The minimum absolute atomic E-state index is 0.0572. The third-order valence-electron chi connectivity index (χ3n) is 9.78. The second kappa shape index (κ2) is 9.53. The van der Waals surface area contributed by atoms with Crippen LogP contribution in [0.15, 0.2) is 60.7 Å². The van der Waals surface area contributed by atoms with Gasteiger partial charge in [0.25, 0.3) is 0 Å². The van der Waals surface area contributed by atoms with Gasteiger partial charge in [0.1, 0.15) is 48.8 Å². The van der Waals surface area contributed by atoms with Gasteiger partial charge >= 0.3 is 11.9 Å². The molecule has 0 radical (unpaired) electrons. The third kappa shape index (κ3) is 3.70. The van der Waals surface area contributed by atoms with Gasteiger partial charge in [0.2, 0.25) is 0 Å². The van der Waals surface area contributed by atoms with Crippen LogP contribution in [0.5, 0.6) is 0 Å². The van der Waals surface area contributed by atoms with Crippen LogP contribution in [0.3, 0.4) is 0 Å². The summed E-state index contributed by atoms with van der Waals surface area (Å²) in [7, 11) is 0. The Morgan fingerprint density at radius 1 is 0.881 bits per heavy atom. The highest BCUT2D eigenvalue weighted by molar-refractivity contribution is 5.89. The van der Waals surface area contributed by atoms with Crippen molar-refractivity contribution in [2.24, 2.45) is 11.3 Å². The lowest BCUT2D eigenvalue weighted by Gasteiger charge is -2.67. The molecule has 11 atom stereocenters. The fraction of sp³-hybridized carbons (Fsp3) is 0.533. The number of aliphatic hydroxyl groups excluding tert-OH is 3. The summed E-state index contributed by atoms with van der Waals surface area (Å²) in [5.41, 5.74) is -2.88. The van der Waals surface area contributed by atoms with Gasteiger partial charge < -0.3 is 48.8 Å². The van der Waals surface area contributed by atoms with E-state index in [0.717, 1.165) is 0 Å². The first kappa shape index (κ1) is 27.9. The highest BCUT2D eigenvalue weighted by Gasteiger charge is 2.94. The molecule has 2 aromatic rings. The van der Waals surface area contributed by atoms with Gasteiger partial charge in [-0.25, -0.2) is 9.59 Å². The number of benzene rings is 2. The Balaban J connectivity index is 1.13. The molecule has 7 aliphatic rings. The van der Waals surface area contributed by atoms with E-state index in [9.17, 15) is 30.0 Å². The third-order valence-corrected chi connectivity index (χ3v) is 9.78. The van der Waals surface area contributed by atoms with E-state index in [1.165, 1.54) is 0 Å². The monoisotopic (exact) mass is 584 g/mol. The Kier molecular flexibility index (Phi) is 6.32. The first-order valence-corrected chi connectivity index (χ1v) is 13.9. The highest BCUT2D eigenvalue weighted by Crippen LogP contribution is 2.81. The quantitative estimate of drug-likeness (QED) is 0.318. The topological polar surface area (TPSA) is 170 Å². The molecule has 2 aromatic carbocycles. The van der Waals surface area contributed by atoms with Crippen molar-refractivity contribution in [3.63, 3.8) is 0 Å². The van der Waals surface area contributed by atoms with Crippen LogP contribution in [0, 0.1) is 11.3 Å². The van der Waals surface area contributed by atoms with Crippen molar-refractivity contribution in [1.29, 1.82) is 0 Å². The Bertz CT molecular complexity index is 1370. The first-order chi connectivity index (χ1) is 20.0. The van der Waals surface area contributed by atoms with Gasteiger partial charge in [-0.2, -0.15) is 0 Å². The number of aliphatic hydroxyl groups is 4. The molecule has 12 heteroatoms. The standard InChI is InChI=1S/C30H32O12/c1-27-14-29(36)19-12-30(27,28(19,26(41-27)42-29)15-38-24(35)17-10-6-3-7-11-17)40-25-22(33)21(32)20(31)18(39-25)13-37-23(34)16-8-4-2-5-9-16/h2-11,18-22,25-26,31-33,36H,12-15H2,1H3/t18?,19-,20-,21+,22?,25+,26?,27+,28+,29-,30-/m1/s1. The largest absolute Gasteiger partial charge is 0.461 e. The van der Waals surface area contributed by atoms with Gasteiger partial charge in [0, 0.05) is 12.3 Å². The zero-order chi connectivity index (χ0) is 29.5. The zero-order valence-electron chi connectivity index (χ0n) is 22.7. The summed E-state index contributed by atoms with van der Waals surface area (Å²) in [5.74, 6) is -3.25. The molecule has 3 saturated carbocycles. The van der Waals surface area contributed by atoms with Gasteiger partial charge in [-0.1, -0.05) is 36.4 Å².